The van der Waals surface area contributed by atoms with Gasteiger partial charge >= 0.3 is 11.9 Å². The van der Waals surface area contributed by atoms with Crippen molar-refractivity contribution in [2.45, 2.75) is 12.8 Å². The summed E-state index contributed by atoms with van der Waals surface area (Å²) in [6.07, 6.45) is -0.502. The molecule has 0 heterocycles. The van der Waals surface area contributed by atoms with Crippen LogP contribution in [0.15, 0.2) is 109 Å². The van der Waals surface area contributed by atoms with Crippen molar-refractivity contribution in [3.8, 4) is 22.3 Å². The molecule has 0 saturated heterocycles. The van der Waals surface area contributed by atoms with E-state index in [0.29, 0.717) is 11.1 Å². The predicted molar refractivity (Wildman–Crippen MR) is 144 cm³/mol. The molecule has 4 aromatic rings. The molecule has 38 heavy (non-hydrogen) atoms. The van der Waals surface area contributed by atoms with Gasteiger partial charge in [-0.3, -0.25) is 19.2 Å². The Kier molecular flexibility index (Phi) is 8.92. The maximum atomic E-state index is 12.3. The molecule has 0 radical (unpaired) electrons. The molecule has 6 nitrogen and oxygen atoms in total. The zero-order chi connectivity index (χ0) is 26.7. The SMILES string of the molecule is O=C(CCC(=O)OCC(=O)c1ccc(-c2ccccc2)cc1)OCC(=O)c1ccc(-c2ccccc2)cc1. The monoisotopic (exact) mass is 506 g/mol. The van der Waals surface area contributed by atoms with Crippen LogP contribution in [0.25, 0.3) is 22.3 Å². The summed E-state index contributed by atoms with van der Waals surface area (Å²) in [7, 11) is 0. The normalized spacial score (nSPS) is 10.4. The number of carbonyl (C=O) groups is 4. The van der Waals surface area contributed by atoms with Gasteiger partial charge in [0.25, 0.3) is 0 Å². The third-order valence-electron chi connectivity index (χ3n) is 5.89. The van der Waals surface area contributed by atoms with E-state index >= 15 is 0 Å². The van der Waals surface area contributed by atoms with Crippen molar-refractivity contribution in [1.29, 1.82) is 0 Å². The lowest BCUT2D eigenvalue weighted by molar-refractivity contribution is -0.149. The van der Waals surface area contributed by atoms with Crippen molar-refractivity contribution < 1.29 is 28.7 Å². The number of Topliss-reactive ketones (excluding diaryl/α,β-unsaturated/α-hetero) is 2. The standard InChI is InChI=1S/C32H26O6/c33-29(27-15-11-25(12-16-27)23-7-3-1-4-8-23)21-37-31(35)19-20-32(36)38-22-30(34)28-17-13-26(14-18-28)24-9-5-2-6-10-24/h1-18H,19-22H2. The van der Waals surface area contributed by atoms with E-state index in [9.17, 15) is 19.2 Å². The Bertz CT molecular complexity index is 1280. The molecule has 4 rings (SSSR count). The third kappa shape index (κ3) is 7.34. The Labute approximate surface area is 220 Å². The highest BCUT2D eigenvalue weighted by molar-refractivity contribution is 5.99. The molecule has 190 valence electrons. The topological polar surface area (TPSA) is 86.7 Å². The number of carbonyl (C=O) groups excluding carboxylic acids is 4. The van der Waals surface area contributed by atoms with Gasteiger partial charge in [0.2, 0.25) is 0 Å². The minimum Gasteiger partial charge on any atom is -0.457 e. The van der Waals surface area contributed by atoms with Gasteiger partial charge in [-0.05, 0) is 22.3 Å². The van der Waals surface area contributed by atoms with Crippen molar-refractivity contribution in [3.05, 3.63) is 120 Å². The molecule has 0 unspecified atom stereocenters. The molecule has 0 bridgehead atoms. The summed E-state index contributed by atoms with van der Waals surface area (Å²) in [5, 5.41) is 0. The Morgan fingerprint density at radius 1 is 0.421 bits per heavy atom. The quantitative estimate of drug-likeness (QED) is 0.184. The van der Waals surface area contributed by atoms with Gasteiger partial charge < -0.3 is 9.47 Å². The smallest absolute Gasteiger partial charge is 0.306 e. The molecule has 0 aliphatic carbocycles. The van der Waals surface area contributed by atoms with E-state index in [-0.39, 0.29) is 24.4 Å². The Balaban J connectivity index is 1.16. The first-order valence-corrected chi connectivity index (χ1v) is 12.2. The number of esters is 2. The van der Waals surface area contributed by atoms with E-state index in [1.165, 1.54) is 0 Å². The molecule has 0 N–H and O–H groups in total. The van der Waals surface area contributed by atoms with Crippen LogP contribution in [0.3, 0.4) is 0 Å². The average Bonchev–Trinajstić information content (AvgIpc) is 2.98. The maximum absolute atomic E-state index is 12.3. The first kappa shape index (κ1) is 26.2. The van der Waals surface area contributed by atoms with Crippen LogP contribution in [0.5, 0.6) is 0 Å². The summed E-state index contributed by atoms with van der Waals surface area (Å²) >= 11 is 0. The summed E-state index contributed by atoms with van der Waals surface area (Å²) in [6.45, 7) is -0.841. The van der Waals surface area contributed by atoms with Crippen LogP contribution in [0.4, 0.5) is 0 Å². The van der Waals surface area contributed by atoms with E-state index < -0.39 is 25.2 Å². The molecular formula is C32H26O6. The number of ether oxygens (including phenoxy) is 2. The predicted octanol–water partition coefficient (Wildman–Crippen LogP) is 5.95. The van der Waals surface area contributed by atoms with E-state index in [0.717, 1.165) is 22.3 Å². The second-order valence-electron chi connectivity index (χ2n) is 8.55. The first-order chi connectivity index (χ1) is 18.5. The lowest BCUT2D eigenvalue weighted by atomic mass is 10.0. The second-order valence-corrected chi connectivity index (χ2v) is 8.55. The van der Waals surface area contributed by atoms with E-state index in [1.807, 2.05) is 84.9 Å². The number of benzene rings is 4. The van der Waals surface area contributed by atoms with Crippen molar-refractivity contribution in [3.63, 3.8) is 0 Å². The fourth-order valence-corrected chi connectivity index (χ4v) is 3.77. The fourth-order valence-electron chi connectivity index (χ4n) is 3.77. The van der Waals surface area contributed by atoms with Gasteiger partial charge in [-0.1, -0.05) is 109 Å². The summed E-state index contributed by atoms with van der Waals surface area (Å²) < 4.78 is 10.0. The van der Waals surface area contributed by atoms with Gasteiger partial charge in [0.15, 0.2) is 24.8 Å². The molecule has 0 aromatic heterocycles. The van der Waals surface area contributed by atoms with Crippen LogP contribution >= 0.6 is 0 Å². The van der Waals surface area contributed by atoms with Gasteiger partial charge in [-0.15, -0.1) is 0 Å². The van der Waals surface area contributed by atoms with Gasteiger partial charge in [0.1, 0.15) is 0 Å². The Morgan fingerprint density at radius 3 is 1.08 bits per heavy atom. The van der Waals surface area contributed by atoms with Gasteiger partial charge in [0, 0.05) is 11.1 Å². The molecule has 0 spiro atoms. The second kappa shape index (κ2) is 12.9. The molecule has 0 aliphatic rings. The van der Waals surface area contributed by atoms with Gasteiger partial charge in [-0.25, -0.2) is 0 Å². The van der Waals surface area contributed by atoms with Crippen LogP contribution in [-0.2, 0) is 19.1 Å². The van der Waals surface area contributed by atoms with E-state index in [1.54, 1.807) is 24.3 Å². The van der Waals surface area contributed by atoms with Crippen LogP contribution < -0.4 is 0 Å². The number of ketones is 2. The Hall–Kier alpha value is -4.84. The molecule has 0 aliphatic heterocycles. The van der Waals surface area contributed by atoms with Crippen molar-refractivity contribution >= 4 is 23.5 Å². The number of hydrogen-bond acceptors (Lipinski definition) is 6. The minimum atomic E-state index is -0.695. The molecule has 0 atom stereocenters. The zero-order valence-corrected chi connectivity index (χ0v) is 20.7. The highest BCUT2D eigenvalue weighted by Gasteiger charge is 2.15. The first-order valence-electron chi connectivity index (χ1n) is 12.2. The largest absolute Gasteiger partial charge is 0.457 e. The van der Waals surface area contributed by atoms with Crippen LogP contribution in [-0.4, -0.2) is 36.7 Å². The molecular weight excluding hydrogens is 480 g/mol. The number of hydrogen-bond donors (Lipinski definition) is 0. The molecule has 0 amide bonds. The minimum absolute atomic E-state index is 0.251. The van der Waals surface area contributed by atoms with Gasteiger partial charge in [0.05, 0.1) is 12.8 Å². The molecule has 6 heteroatoms. The van der Waals surface area contributed by atoms with Crippen molar-refractivity contribution in [2.75, 3.05) is 13.2 Å². The summed E-state index contributed by atoms with van der Waals surface area (Å²) in [5.74, 6) is -2.08. The number of rotatable bonds is 11. The average molecular weight is 507 g/mol. The maximum Gasteiger partial charge on any atom is 0.306 e. The highest BCUT2D eigenvalue weighted by atomic mass is 16.5. The molecule has 0 fully saturated rings. The molecule has 0 saturated carbocycles. The van der Waals surface area contributed by atoms with Gasteiger partial charge in [-0.2, -0.15) is 0 Å². The summed E-state index contributed by atoms with van der Waals surface area (Å²) in [5.41, 5.74) is 4.86. The summed E-state index contributed by atoms with van der Waals surface area (Å²) in [4.78, 5) is 48.6. The van der Waals surface area contributed by atoms with Crippen LogP contribution in [0, 0.1) is 0 Å². The molecule has 4 aromatic carbocycles. The van der Waals surface area contributed by atoms with E-state index in [4.69, 9.17) is 9.47 Å². The van der Waals surface area contributed by atoms with Crippen molar-refractivity contribution in [1.82, 2.24) is 0 Å². The van der Waals surface area contributed by atoms with Crippen LogP contribution in [0.2, 0.25) is 0 Å². The van der Waals surface area contributed by atoms with E-state index in [2.05, 4.69) is 0 Å². The van der Waals surface area contributed by atoms with Crippen molar-refractivity contribution in [2.24, 2.45) is 0 Å². The Morgan fingerprint density at radius 2 is 0.737 bits per heavy atom. The zero-order valence-electron chi connectivity index (χ0n) is 20.7. The summed E-state index contributed by atoms with van der Waals surface area (Å²) in [6, 6.07) is 33.6. The van der Waals surface area contributed by atoms with Crippen LogP contribution in [0.1, 0.15) is 33.6 Å². The fraction of sp³-hybridized carbons (Fsp3) is 0.125. The lowest BCUT2D eigenvalue weighted by Crippen LogP contribution is -2.17. The third-order valence-corrected chi connectivity index (χ3v) is 5.89. The highest BCUT2D eigenvalue weighted by Crippen LogP contribution is 2.20. The lowest BCUT2D eigenvalue weighted by Gasteiger charge is -2.07.